The summed E-state index contributed by atoms with van der Waals surface area (Å²) in [5.74, 6) is -0.0437. The van der Waals surface area contributed by atoms with Gasteiger partial charge in [0.15, 0.2) is 0 Å². The predicted molar refractivity (Wildman–Crippen MR) is 93.1 cm³/mol. The van der Waals surface area contributed by atoms with Gasteiger partial charge in [0, 0.05) is 38.8 Å². The summed E-state index contributed by atoms with van der Waals surface area (Å²) in [4.78, 5) is 33.6. The molecule has 0 radical (unpaired) electrons. The first-order valence-corrected chi connectivity index (χ1v) is 8.94. The molecule has 2 saturated heterocycles. The lowest BCUT2D eigenvalue weighted by molar-refractivity contribution is -0.119. The SMILES string of the molecule is CCC1CCCCN1c1ccc(C(=O)N2CCN(C=O)CC2)nc1. The van der Waals surface area contributed by atoms with Crippen LogP contribution >= 0.6 is 0 Å². The van der Waals surface area contributed by atoms with Crippen LogP contribution in [0.2, 0.25) is 0 Å². The van der Waals surface area contributed by atoms with Crippen LogP contribution in [0.15, 0.2) is 18.3 Å². The number of hydrogen-bond acceptors (Lipinski definition) is 4. The largest absolute Gasteiger partial charge is 0.367 e. The standard InChI is InChI=1S/C18H26N4O2/c1-2-15-5-3-4-8-22(15)16-6-7-17(19-13-16)18(24)21-11-9-20(14-23)10-12-21/h6-7,13-15H,2-5,8-12H2,1H3. The van der Waals surface area contributed by atoms with E-state index >= 15 is 0 Å². The molecule has 130 valence electrons. The molecule has 2 amide bonds. The number of anilines is 1. The zero-order valence-corrected chi connectivity index (χ0v) is 14.4. The molecule has 0 saturated carbocycles. The summed E-state index contributed by atoms with van der Waals surface area (Å²) in [5, 5.41) is 0. The van der Waals surface area contributed by atoms with Gasteiger partial charge in [-0.3, -0.25) is 9.59 Å². The van der Waals surface area contributed by atoms with Crippen molar-refractivity contribution in [3.05, 3.63) is 24.0 Å². The van der Waals surface area contributed by atoms with E-state index in [1.165, 1.54) is 19.3 Å². The zero-order chi connectivity index (χ0) is 16.9. The Bertz CT molecular complexity index is 567. The normalized spacial score (nSPS) is 21.7. The molecular formula is C18H26N4O2. The van der Waals surface area contributed by atoms with Crippen molar-refractivity contribution in [1.29, 1.82) is 0 Å². The maximum absolute atomic E-state index is 12.5. The summed E-state index contributed by atoms with van der Waals surface area (Å²) >= 11 is 0. The van der Waals surface area contributed by atoms with Gasteiger partial charge in [-0.05, 0) is 37.8 Å². The van der Waals surface area contributed by atoms with Crippen LogP contribution < -0.4 is 4.90 Å². The third kappa shape index (κ3) is 3.52. The van der Waals surface area contributed by atoms with E-state index in [-0.39, 0.29) is 5.91 Å². The maximum Gasteiger partial charge on any atom is 0.272 e. The zero-order valence-electron chi connectivity index (χ0n) is 14.4. The van der Waals surface area contributed by atoms with Crippen LogP contribution in [0.5, 0.6) is 0 Å². The fourth-order valence-corrected chi connectivity index (χ4v) is 3.64. The summed E-state index contributed by atoms with van der Waals surface area (Å²) < 4.78 is 0. The fraction of sp³-hybridized carbons (Fsp3) is 0.611. The Balaban J connectivity index is 1.65. The monoisotopic (exact) mass is 330 g/mol. The highest BCUT2D eigenvalue weighted by Crippen LogP contribution is 2.26. The van der Waals surface area contributed by atoms with Gasteiger partial charge in [-0.15, -0.1) is 0 Å². The second kappa shape index (κ2) is 7.64. The first-order valence-electron chi connectivity index (χ1n) is 8.94. The summed E-state index contributed by atoms with van der Waals surface area (Å²) in [6.45, 7) is 5.64. The highest BCUT2D eigenvalue weighted by Gasteiger charge is 2.24. The molecule has 6 heteroatoms. The number of aromatic nitrogens is 1. The van der Waals surface area contributed by atoms with Gasteiger partial charge >= 0.3 is 0 Å². The van der Waals surface area contributed by atoms with E-state index in [2.05, 4.69) is 16.8 Å². The van der Waals surface area contributed by atoms with Gasteiger partial charge in [0.1, 0.15) is 5.69 Å². The molecule has 3 heterocycles. The number of nitrogens with zero attached hydrogens (tertiary/aromatic N) is 4. The molecule has 1 atom stereocenters. The van der Waals surface area contributed by atoms with Crippen molar-refractivity contribution >= 4 is 18.0 Å². The molecule has 3 rings (SSSR count). The van der Waals surface area contributed by atoms with Gasteiger partial charge in [-0.1, -0.05) is 6.92 Å². The Kier molecular flexibility index (Phi) is 5.33. The molecule has 2 aliphatic heterocycles. The summed E-state index contributed by atoms with van der Waals surface area (Å²) in [7, 11) is 0. The van der Waals surface area contributed by atoms with Gasteiger partial charge in [0.25, 0.3) is 5.91 Å². The van der Waals surface area contributed by atoms with Crippen LogP contribution in [0.4, 0.5) is 5.69 Å². The minimum absolute atomic E-state index is 0.0437. The average Bonchev–Trinajstić information content (AvgIpc) is 2.67. The van der Waals surface area contributed by atoms with E-state index in [4.69, 9.17) is 0 Å². The van der Waals surface area contributed by atoms with Gasteiger partial charge in [-0.25, -0.2) is 4.98 Å². The van der Waals surface area contributed by atoms with Crippen LogP contribution in [0.3, 0.4) is 0 Å². The smallest absolute Gasteiger partial charge is 0.272 e. The van der Waals surface area contributed by atoms with Crippen molar-refractivity contribution in [2.45, 2.75) is 38.6 Å². The molecule has 2 aliphatic rings. The van der Waals surface area contributed by atoms with E-state index in [0.29, 0.717) is 37.9 Å². The second-order valence-electron chi connectivity index (χ2n) is 6.59. The first kappa shape index (κ1) is 16.7. The molecule has 0 aliphatic carbocycles. The molecular weight excluding hydrogens is 304 g/mol. The number of carbonyl (C=O) groups excluding carboxylic acids is 2. The molecule has 0 bridgehead atoms. The molecule has 1 aromatic heterocycles. The van der Waals surface area contributed by atoms with Crippen LogP contribution in [-0.2, 0) is 4.79 Å². The number of pyridine rings is 1. The third-order valence-electron chi connectivity index (χ3n) is 5.15. The number of amides is 2. The second-order valence-corrected chi connectivity index (χ2v) is 6.59. The average molecular weight is 330 g/mol. The molecule has 1 aromatic rings. The summed E-state index contributed by atoms with van der Waals surface area (Å²) in [6.07, 6.45) is 7.57. The minimum atomic E-state index is -0.0437. The van der Waals surface area contributed by atoms with Crippen molar-refractivity contribution in [1.82, 2.24) is 14.8 Å². The van der Waals surface area contributed by atoms with Crippen molar-refractivity contribution in [3.63, 3.8) is 0 Å². The number of carbonyl (C=O) groups is 2. The summed E-state index contributed by atoms with van der Waals surface area (Å²) in [6, 6.07) is 4.44. The van der Waals surface area contributed by atoms with Crippen LogP contribution in [0.1, 0.15) is 43.1 Å². The van der Waals surface area contributed by atoms with E-state index in [1.54, 1.807) is 9.80 Å². The van der Waals surface area contributed by atoms with E-state index < -0.39 is 0 Å². The Hall–Kier alpha value is -2.11. The lowest BCUT2D eigenvalue weighted by Crippen LogP contribution is -2.48. The van der Waals surface area contributed by atoms with Gasteiger partial charge in [-0.2, -0.15) is 0 Å². The predicted octanol–water partition coefficient (Wildman–Crippen LogP) is 1.76. The lowest BCUT2D eigenvalue weighted by Gasteiger charge is -2.37. The Labute approximate surface area is 143 Å². The van der Waals surface area contributed by atoms with Gasteiger partial charge in [0.05, 0.1) is 11.9 Å². The molecule has 0 spiro atoms. The van der Waals surface area contributed by atoms with E-state index in [9.17, 15) is 9.59 Å². The number of rotatable bonds is 4. The Morgan fingerprint density at radius 2 is 2.00 bits per heavy atom. The third-order valence-corrected chi connectivity index (χ3v) is 5.15. The molecule has 2 fully saturated rings. The van der Waals surface area contributed by atoms with E-state index in [0.717, 1.165) is 25.1 Å². The quantitative estimate of drug-likeness (QED) is 0.790. The number of hydrogen-bond donors (Lipinski definition) is 0. The molecule has 0 aromatic carbocycles. The fourth-order valence-electron chi connectivity index (χ4n) is 3.64. The minimum Gasteiger partial charge on any atom is -0.367 e. The van der Waals surface area contributed by atoms with Crippen molar-refractivity contribution < 1.29 is 9.59 Å². The van der Waals surface area contributed by atoms with Crippen molar-refractivity contribution in [2.75, 3.05) is 37.6 Å². The van der Waals surface area contributed by atoms with E-state index in [1.807, 2.05) is 18.3 Å². The molecule has 1 unspecified atom stereocenters. The van der Waals surface area contributed by atoms with Crippen LogP contribution in [-0.4, -0.2) is 65.9 Å². The van der Waals surface area contributed by atoms with Crippen molar-refractivity contribution in [3.8, 4) is 0 Å². The highest BCUT2D eigenvalue weighted by molar-refractivity contribution is 5.92. The number of piperidine rings is 1. The lowest BCUT2D eigenvalue weighted by atomic mass is 9.99. The molecule has 24 heavy (non-hydrogen) atoms. The van der Waals surface area contributed by atoms with Crippen LogP contribution in [0.25, 0.3) is 0 Å². The van der Waals surface area contributed by atoms with Gasteiger partial charge < -0.3 is 14.7 Å². The first-order chi connectivity index (χ1) is 11.7. The Morgan fingerprint density at radius 3 is 2.62 bits per heavy atom. The van der Waals surface area contributed by atoms with Crippen molar-refractivity contribution in [2.24, 2.45) is 0 Å². The maximum atomic E-state index is 12.5. The molecule has 6 nitrogen and oxygen atoms in total. The number of piperazine rings is 1. The van der Waals surface area contributed by atoms with Gasteiger partial charge in [0.2, 0.25) is 6.41 Å². The van der Waals surface area contributed by atoms with Crippen LogP contribution in [0, 0.1) is 0 Å². The highest BCUT2D eigenvalue weighted by atomic mass is 16.2. The summed E-state index contributed by atoms with van der Waals surface area (Å²) in [5.41, 5.74) is 1.60. The molecule has 0 N–H and O–H groups in total. The Morgan fingerprint density at radius 1 is 1.21 bits per heavy atom. The topological polar surface area (TPSA) is 56.8 Å².